The second kappa shape index (κ2) is 6.80. The summed E-state index contributed by atoms with van der Waals surface area (Å²) in [6, 6.07) is 13.1. The monoisotopic (exact) mass is 360 g/mol. The molecule has 4 heteroatoms. The fourth-order valence-electron chi connectivity index (χ4n) is 3.04. The van der Waals surface area contributed by atoms with Gasteiger partial charge in [-0.25, -0.2) is 0 Å². The van der Waals surface area contributed by atoms with Crippen LogP contribution in [0.5, 0.6) is 17.2 Å². The number of fused-ring (bicyclic) bond motifs is 2. The van der Waals surface area contributed by atoms with Gasteiger partial charge in [0.05, 0.1) is 5.56 Å². The second-order valence-electron chi connectivity index (χ2n) is 6.79. The van der Waals surface area contributed by atoms with Crippen molar-refractivity contribution in [1.82, 2.24) is 0 Å². The molecular weight excluding hydrogens is 340 g/mol. The highest BCUT2D eigenvalue weighted by Gasteiger charge is 2.29. The van der Waals surface area contributed by atoms with Crippen LogP contribution in [0.1, 0.15) is 29.8 Å². The molecule has 0 spiro atoms. The molecule has 136 valence electrons. The van der Waals surface area contributed by atoms with Crippen LogP contribution in [0.25, 0.3) is 6.08 Å². The normalized spacial score (nSPS) is 18.9. The zero-order valence-electron chi connectivity index (χ0n) is 15.3. The van der Waals surface area contributed by atoms with Crippen LogP contribution in [0.2, 0.25) is 0 Å². The van der Waals surface area contributed by atoms with Crippen molar-refractivity contribution in [2.24, 2.45) is 0 Å². The van der Waals surface area contributed by atoms with Crippen LogP contribution in [-0.4, -0.2) is 18.5 Å². The van der Waals surface area contributed by atoms with E-state index in [9.17, 15) is 4.79 Å². The molecule has 0 amide bonds. The third-order valence-electron chi connectivity index (χ3n) is 4.44. The van der Waals surface area contributed by atoms with Gasteiger partial charge < -0.3 is 14.2 Å². The highest BCUT2D eigenvalue weighted by atomic mass is 16.5. The first-order valence-electron chi connectivity index (χ1n) is 8.84. The molecule has 0 saturated carbocycles. The topological polar surface area (TPSA) is 44.8 Å². The van der Waals surface area contributed by atoms with Crippen LogP contribution in [0.3, 0.4) is 0 Å². The van der Waals surface area contributed by atoms with Gasteiger partial charge in [-0.15, -0.1) is 0 Å². The number of carbonyl (C=O) groups excluding carboxylic acids is 1. The Balaban J connectivity index is 1.61. The number of hydrogen-bond donors (Lipinski definition) is 0. The first kappa shape index (κ1) is 17.2. The summed E-state index contributed by atoms with van der Waals surface area (Å²) in [6.07, 6.45) is 3.62. The molecule has 4 rings (SSSR count). The molecule has 0 aromatic heterocycles. The molecule has 2 aliphatic rings. The molecule has 1 atom stereocenters. The molecular formula is C23H20O4. The van der Waals surface area contributed by atoms with Crippen LogP contribution in [0, 0.1) is 0 Å². The van der Waals surface area contributed by atoms with Crippen molar-refractivity contribution < 1.29 is 19.0 Å². The lowest BCUT2D eigenvalue weighted by Gasteiger charge is -2.22. The first-order valence-corrected chi connectivity index (χ1v) is 8.84. The van der Waals surface area contributed by atoms with E-state index in [1.54, 1.807) is 24.3 Å². The summed E-state index contributed by atoms with van der Waals surface area (Å²) in [4.78, 5) is 12.7. The van der Waals surface area contributed by atoms with Crippen molar-refractivity contribution in [1.29, 1.82) is 0 Å². The number of allylic oxidation sites excluding steroid dienone is 1. The Bertz CT molecular complexity index is 997. The fraction of sp³-hybridized carbons (Fsp3) is 0.174. The first-order chi connectivity index (χ1) is 13.0. The predicted octanol–water partition coefficient (Wildman–Crippen LogP) is 4.97. The minimum absolute atomic E-state index is 0.136. The third kappa shape index (κ3) is 3.38. The van der Waals surface area contributed by atoms with Crippen molar-refractivity contribution in [3.8, 4) is 17.2 Å². The molecule has 2 heterocycles. The van der Waals surface area contributed by atoms with E-state index in [2.05, 4.69) is 6.58 Å². The maximum Gasteiger partial charge on any atom is 0.231 e. The second-order valence-corrected chi connectivity index (χ2v) is 6.79. The lowest BCUT2D eigenvalue weighted by atomic mass is 10.0. The van der Waals surface area contributed by atoms with E-state index in [4.69, 9.17) is 14.2 Å². The van der Waals surface area contributed by atoms with Crippen LogP contribution >= 0.6 is 0 Å². The SMILES string of the molecule is C=C(C)COc1ccc2c(c1)OC(=CC1=Cc3ccccc3O[C@@H]1C)C2=O. The van der Waals surface area contributed by atoms with Gasteiger partial charge in [-0.3, -0.25) is 4.79 Å². The Morgan fingerprint density at radius 1 is 1.22 bits per heavy atom. The van der Waals surface area contributed by atoms with Gasteiger partial charge in [-0.2, -0.15) is 0 Å². The summed E-state index contributed by atoms with van der Waals surface area (Å²) in [5, 5.41) is 0. The Morgan fingerprint density at radius 3 is 2.85 bits per heavy atom. The van der Waals surface area contributed by atoms with E-state index in [-0.39, 0.29) is 11.9 Å². The standard InChI is InChI=1S/C23H20O4/c1-14(2)13-25-18-8-9-19-21(12-18)27-22(23(19)24)11-17-10-16-6-4-5-7-20(16)26-15(17)3/h4-12,15H,1,13H2,2-3H3/t15-/m1/s1. The van der Waals surface area contributed by atoms with Crippen molar-refractivity contribution in [3.05, 3.63) is 83.2 Å². The molecule has 0 unspecified atom stereocenters. The van der Waals surface area contributed by atoms with Gasteiger partial charge in [0.1, 0.15) is 30.0 Å². The molecule has 2 aromatic rings. The number of ether oxygens (including phenoxy) is 3. The summed E-state index contributed by atoms with van der Waals surface area (Å²) in [7, 11) is 0. The van der Waals surface area contributed by atoms with Gasteiger partial charge in [0.15, 0.2) is 5.76 Å². The molecule has 0 bridgehead atoms. The highest BCUT2D eigenvalue weighted by Crippen LogP contribution is 2.36. The average Bonchev–Trinajstić information content (AvgIpc) is 2.96. The van der Waals surface area contributed by atoms with E-state index >= 15 is 0 Å². The Kier molecular flexibility index (Phi) is 4.32. The van der Waals surface area contributed by atoms with Gasteiger partial charge in [0.25, 0.3) is 0 Å². The quantitative estimate of drug-likeness (QED) is 0.571. The number of ketones is 1. The highest BCUT2D eigenvalue weighted by molar-refractivity contribution is 6.12. The lowest BCUT2D eigenvalue weighted by molar-refractivity contribution is 0.101. The van der Waals surface area contributed by atoms with Crippen LogP contribution in [0.15, 0.2) is 72.0 Å². The number of rotatable bonds is 4. The van der Waals surface area contributed by atoms with E-state index in [0.29, 0.717) is 29.4 Å². The van der Waals surface area contributed by atoms with E-state index in [0.717, 1.165) is 22.5 Å². The van der Waals surface area contributed by atoms with Crippen LogP contribution < -0.4 is 14.2 Å². The summed E-state index contributed by atoms with van der Waals surface area (Å²) in [5.74, 6) is 2.16. The zero-order chi connectivity index (χ0) is 19.0. The number of benzene rings is 2. The zero-order valence-corrected chi connectivity index (χ0v) is 15.3. The third-order valence-corrected chi connectivity index (χ3v) is 4.44. The number of para-hydroxylation sites is 1. The van der Waals surface area contributed by atoms with Gasteiger partial charge in [-0.1, -0.05) is 24.8 Å². The van der Waals surface area contributed by atoms with Gasteiger partial charge in [0.2, 0.25) is 5.78 Å². The summed E-state index contributed by atoms with van der Waals surface area (Å²) in [6.45, 7) is 8.09. The number of Topliss-reactive ketones (excluding diaryl/α,β-unsaturated/α-hetero) is 1. The maximum absolute atomic E-state index is 12.7. The summed E-state index contributed by atoms with van der Waals surface area (Å²) < 4.78 is 17.4. The fourth-order valence-corrected chi connectivity index (χ4v) is 3.04. The molecule has 0 saturated heterocycles. The van der Waals surface area contributed by atoms with Crippen molar-refractivity contribution in [2.75, 3.05) is 6.61 Å². The molecule has 2 aliphatic heterocycles. The van der Waals surface area contributed by atoms with Gasteiger partial charge in [0, 0.05) is 11.6 Å². The average molecular weight is 360 g/mol. The molecule has 0 N–H and O–H groups in total. The Morgan fingerprint density at radius 2 is 2.04 bits per heavy atom. The minimum Gasteiger partial charge on any atom is -0.489 e. The molecule has 4 nitrogen and oxygen atoms in total. The summed E-state index contributed by atoms with van der Waals surface area (Å²) >= 11 is 0. The lowest BCUT2D eigenvalue weighted by Crippen LogP contribution is -2.18. The number of carbonyl (C=O) groups is 1. The summed E-state index contributed by atoms with van der Waals surface area (Å²) in [5.41, 5.74) is 3.34. The van der Waals surface area contributed by atoms with E-state index in [1.807, 2.05) is 44.2 Å². The van der Waals surface area contributed by atoms with Gasteiger partial charge >= 0.3 is 0 Å². The Hall–Kier alpha value is -3.27. The predicted molar refractivity (Wildman–Crippen MR) is 104 cm³/mol. The molecule has 2 aromatic carbocycles. The van der Waals surface area contributed by atoms with Crippen LogP contribution in [0.4, 0.5) is 0 Å². The van der Waals surface area contributed by atoms with Crippen molar-refractivity contribution in [3.63, 3.8) is 0 Å². The molecule has 0 fully saturated rings. The molecule has 0 aliphatic carbocycles. The molecule has 27 heavy (non-hydrogen) atoms. The number of hydrogen-bond acceptors (Lipinski definition) is 4. The van der Waals surface area contributed by atoms with E-state index < -0.39 is 0 Å². The maximum atomic E-state index is 12.7. The van der Waals surface area contributed by atoms with Crippen molar-refractivity contribution in [2.45, 2.75) is 20.0 Å². The van der Waals surface area contributed by atoms with Gasteiger partial charge in [-0.05, 0) is 55.3 Å². The Labute approximate surface area is 158 Å². The largest absolute Gasteiger partial charge is 0.489 e. The van der Waals surface area contributed by atoms with Crippen LogP contribution in [-0.2, 0) is 0 Å². The molecule has 0 radical (unpaired) electrons. The van der Waals surface area contributed by atoms with E-state index in [1.165, 1.54) is 0 Å². The smallest absolute Gasteiger partial charge is 0.231 e. The van der Waals surface area contributed by atoms with Crippen molar-refractivity contribution >= 4 is 11.9 Å². The minimum atomic E-state index is -0.165.